The quantitative estimate of drug-likeness (QED) is 0.703. The maximum atomic E-state index is 10.6. The van der Waals surface area contributed by atoms with E-state index >= 15 is 0 Å². The van der Waals surface area contributed by atoms with E-state index in [-0.39, 0.29) is 5.69 Å². The molecule has 0 bridgehead atoms. The molecule has 1 aromatic rings. The molecule has 4 nitrogen and oxygen atoms in total. The molecule has 1 aromatic heterocycles. The summed E-state index contributed by atoms with van der Waals surface area (Å²) in [6, 6.07) is 0. The number of carboxylic acid groups (broad SMARTS) is 1. The molecule has 0 aliphatic rings. The van der Waals surface area contributed by atoms with E-state index in [9.17, 15) is 4.79 Å². The van der Waals surface area contributed by atoms with Crippen molar-refractivity contribution in [2.75, 3.05) is 0 Å². The molecular formula is C11H18N2O2. The molecule has 0 aliphatic heterocycles. The minimum absolute atomic E-state index is 0.128. The molecule has 0 radical (unpaired) electrons. The Morgan fingerprint density at radius 2 is 2.13 bits per heavy atom. The van der Waals surface area contributed by atoms with Crippen molar-refractivity contribution in [2.24, 2.45) is 0 Å². The van der Waals surface area contributed by atoms with Crippen molar-refractivity contribution in [3.05, 3.63) is 18.2 Å². The van der Waals surface area contributed by atoms with Crippen LogP contribution in [-0.2, 0) is 6.54 Å². The predicted octanol–water partition coefficient (Wildman–Crippen LogP) is 2.55. The number of aromatic nitrogens is 2. The molecule has 1 N–H and O–H groups in total. The molecule has 84 valence electrons. The van der Waals surface area contributed by atoms with Crippen LogP contribution in [0.2, 0.25) is 0 Å². The van der Waals surface area contributed by atoms with Gasteiger partial charge in [0.1, 0.15) is 0 Å². The molecule has 0 amide bonds. The third-order valence-electron chi connectivity index (χ3n) is 2.37. The number of hydrogen-bond acceptors (Lipinski definition) is 2. The monoisotopic (exact) mass is 210 g/mol. The van der Waals surface area contributed by atoms with Crippen LogP contribution in [0.4, 0.5) is 0 Å². The highest BCUT2D eigenvalue weighted by Crippen LogP contribution is 2.05. The van der Waals surface area contributed by atoms with Gasteiger partial charge in [-0.15, -0.1) is 0 Å². The first kappa shape index (κ1) is 11.8. The zero-order valence-electron chi connectivity index (χ0n) is 9.15. The number of unbranched alkanes of at least 4 members (excludes halogenated alkanes) is 4. The van der Waals surface area contributed by atoms with Crippen molar-refractivity contribution in [3.8, 4) is 0 Å². The van der Waals surface area contributed by atoms with Gasteiger partial charge in [0.2, 0.25) is 0 Å². The molecule has 0 aliphatic carbocycles. The van der Waals surface area contributed by atoms with Crippen molar-refractivity contribution in [2.45, 2.75) is 45.6 Å². The summed E-state index contributed by atoms with van der Waals surface area (Å²) < 4.78 is 1.84. The highest BCUT2D eigenvalue weighted by molar-refractivity contribution is 5.84. The van der Waals surface area contributed by atoms with E-state index in [0.717, 1.165) is 13.0 Å². The second-order valence-corrected chi connectivity index (χ2v) is 3.72. The molecule has 0 unspecified atom stereocenters. The van der Waals surface area contributed by atoms with Gasteiger partial charge in [-0.3, -0.25) is 0 Å². The van der Waals surface area contributed by atoms with Crippen molar-refractivity contribution >= 4 is 5.97 Å². The summed E-state index contributed by atoms with van der Waals surface area (Å²) in [5.74, 6) is -0.959. The van der Waals surface area contributed by atoms with Crippen molar-refractivity contribution in [1.29, 1.82) is 0 Å². The first-order valence-corrected chi connectivity index (χ1v) is 5.49. The van der Waals surface area contributed by atoms with Crippen LogP contribution in [0.5, 0.6) is 0 Å². The summed E-state index contributed by atoms with van der Waals surface area (Å²) in [6.45, 7) is 3.05. The van der Waals surface area contributed by atoms with Gasteiger partial charge in [0, 0.05) is 12.7 Å². The Hall–Kier alpha value is -1.32. The molecule has 0 fully saturated rings. The molecule has 1 heterocycles. The number of nitrogens with zero attached hydrogens (tertiary/aromatic N) is 2. The second-order valence-electron chi connectivity index (χ2n) is 3.72. The first-order valence-electron chi connectivity index (χ1n) is 5.49. The molecule has 0 aromatic carbocycles. The number of aromatic carboxylic acids is 1. The van der Waals surface area contributed by atoms with Crippen LogP contribution in [-0.4, -0.2) is 20.6 Å². The van der Waals surface area contributed by atoms with Crippen LogP contribution in [0.25, 0.3) is 0 Å². The highest BCUT2D eigenvalue weighted by atomic mass is 16.4. The van der Waals surface area contributed by atoms with Crippen molar-refractivity contribution in [3.63, 3.8) is 0 Å². The molecule has 1 rings (SSSR count). The lowest BCUT2D eigenvalue weighted by Gasteiger charge is -2.01. The summed E-state index contributed by atoms with van der Waals surface area (Å²) >= 11 is 0. The van der Waals surface area contributed by atoms with Gasteiger partial charge in [0.15, 0.2) is 5.69 Å². The van der Waals surface area contributed by atoms with E-state index in [4.69, 9.17) is 5.11 Å². The van der Waals surface area contributed by atoms with Crippen LogP contribution in [0.3, 0.4) is 0 Å². The van der Waals surface area contributed by atoms with E-state index < -0.39 is 5.97 Å². The fourth-order valence-corrected chi connectivity index (χ4v) is 1.49. The smallest absolute Gasteiger partial charge is 0.356 e. The van der Waals surface area contributed by atoms with Gasteiger partial charge in [-0.2, -0.15) is 0 Å². The SMILES string of the molecule is CCCCCCCn1cnc(C(=O)O)c1. The van der Waals surface area contributed by atoms with Gasteiger partial charge in [0.25, 0.3) is 0 Å². The lowest BCUT2D eigenvalue weighted by atomic mass is 10.1. The summed E-state index contributed by atoms with van der Waals surface area (Å²) in [5, 5.41) is 8.66. The highest BCUT2D eigenvalue weighted by Gasteiger charge is 2.05. The first-order chi connectivity index (χ1) is 7.24. The van der Waals surface area contributed by atoms with E-state index in [0.29, 0.717) is 0 Å². The van der Waals surface area contributed by atoms with E-state index in [2.05, 4.69) is 11.9 Å². The number of aryl methyl sites for hydroxylation is 1. The van der Waals surface area contributed by atoms with E-state index in [1.165, 1.54) is 25.7 Å². The number of carboxylic acids is 1. The largest absolute Gasteiger partial charge is 0.476 e. The van der Waals surface area contributed by atoms with Gasteiger partial charge in [-0.25, -0.2) is 9.78 Å². The predicted molar refractivity (Wildman–Crippen MR) is 57.9 cm³/mol. The van der Waals surface area contributed by atoms with Gasteiger partial charge in [-0.05, 0) is 6.42 Å². The van der Waals surface area contributed by atoms with Crippen LogP contribution >= 0.6 is 0 Å². The zero-order chi connectivity index (χ0) is 11.1. The van der Waals surface area contributed by atoms with Crippen LogP contribution in [0.15, 0.2) is 12.5 Å². The van der Waals surface area contributed by atoms with E-state index in [1.54, 1.807) is 12.5 Å². The summed E-state index contributed by atoms with van der Waals surface area (Å²) in [5.41, 5.74) is 0.128. The minimum Gasteiger partial charge on any atom is -0.476 e. The van der Waals surface area contributed by atoms with Gasteiger partial charge >= 0.3 is 5.97 Å². The fourth-order valence-electron chi connectivity index (χ4n) is 1.49. The van der Waals surface area contributed by atoms with Crippen LogP contribution < -0.4 is 0 Å². The zero-order valence-corrected chi connectivity index (χ0v) is 9.15. The number of imidazole rings is 1. The lowest BCUT2D eigenvalue weighted by Crippen LogP contribution is -1.97. The molecule has 0 spiro atoms. The summed E-state index contributed by atoms with van der Waals surface area (Å²) in [4.78, 5) is 14.3. The normalized spacial score (nSPS) is 10.5. The Morgan fingerprint density at radius 1 is 1.40 bits per heavy atom. The van der Waals surface area contributed by atoms with Crippen molar-refractivity contribution < 1.29 is 9.90 Å². The molecule has 0 saturated carbocycles. The Balaban J connectivity index is 2.23. The van der Waals surface area contributed by atoms with E-state index in [1.807, 2.05) is 4.57 Å². The van der Waals surface area contributed by atoms with Gasteiger partial charge in [0.05, 0.1) is 6.33 Å². The van der Waals surface area contributed by atoms with Gasteiger partial charge < -0.3 is 9.67 Å². The molecule has 0 saturated heterocycles. The minimum atomic E-state index is -0.959. The third kappa shape index (κ3) is 4.14. The molecule has 0 atom stereocenters. The molecule has 15 heavy (non-hydrogen) atoms. The summed E-state index contributed by atoms with van der Waals surface area (Å²) in [6.07, 6.45) is 9.25. The third-order valence-corrected chi connectivity index (χ3v) is 2.37. The maximum Gasteiger partial charge on any atom is 0.356 e. The number of hydrogen-bond donors (Lipinski definition) is 1. The van der Waals surface area contributed by atoms with Crippen LogP contribution in [0, 0.1) is 0 Å². The number of rotatable bonds is 7. The molecular weight excluding hydrogens is 192 g/mol. The molecule has 4 heteroatoms. The standard InChI is InChI=1S/C11H18N2O2/c1-2-3-4-5-6-7-13-8-10(11(14)15)12-9-13/h8-9H,2-7H2,1H3,(H,14,15). The Labute approximate surface area is 89.9 Å². The Morgan fingerprint density at radius 3 is 2.73 bits per heavy atom. The topological polar surface area (TPSA) is 55.1 Å². The Kier molecular flexibility index (Phi) is 4.87. The maximum absolute atomic E-state index is 10.6. The Bertz CT molecular complexity index is 307. The second kappa shape index (κ2) is 6.22. The fraction of sp³-hybridized carbons (Fsp3) is 0.636. The van der Waals surface area contributed by atoms with Crippen LogP contribution in [0.1, 0.15) is 49.5 Å². The average Bonchev–Trinajstić information content (AvgIpc) is 2.66. The average molecular weight is 210 g/mol. The lowest BCUT2D eigenvalue weighted by molar-refractivity contribution is 0.0691. The van der Waals surface area contributed by atoms with Crippen molar-refractivity contribution in [1.82, 2.24) is 9.55 Å². The van der Waals surface area contributed by atoms with Gasteiger partial charge in [-0.1, -0.05) is 32.6 Å². The summed E-state index contributed by atoms with van der Waals surface area (Å²) in [7, 11) is 0. The number of carbonyl (C=O) groups is 1.